The molecule has 1 aliphatic heterocycles. The summed E-state index contributed by atoms with van der Waals surface area (Å²) in [5.41, 5.74) is 0.675. The summed E-state index contributed by atoms with van der Waals surface area (Å²) in [4.78, 5) is 6.71. The van der Waals surface area contributed by atoms with E-state index in [1.807, 2.05) is 18.2 Å². The van der Waals surface area contributed by atoms with Crippen molar-refractivity contribution in [2.75, 3.05) is 38.3 Å². The molecule has 1 N–H and O–H groups in total. The maximum atomic E-state index is 13.9. The fourth-order valence-electron chi connectivity index (χ4n) is 2.89. The highest BCUT2D eigenvalue weighted by Gasteiger charge is 2.20. The van der Waals surface area contributed by atoms with Gasteiger partial charge in [-0.25, -0.2) is 4.39 Å². The number of pyridine rings is 1. The Hall–Kier alpha value is -2.69. The fourth-order valence-corrected chi connectivity index (χ4v) is 2.89. The van der Waals surface area contributed by atoms with Gasteiger partial charge in [0.15, 0.2) is 0 Å². The van der Waals surface area contributed by atoms with Crippen molar-refractivity contribution in [3.63, 3.8) is 0 Å². The van der Waals surface area contributed by atoms with E-state index >= 15 is 0 Å². The Labute approximate surface area is 152 Å². The molecule has 3 rings (SSSR count). The van der Waals surface area contributed by atoms with Crippen molar-refractivity contribution < 1.29 is 13.9 Å². The SMILES string of the molecule is COC[C@H]1CN(c2cccc(OCc3ccc(C#N)cc3F)n2)CCN1. The van der Waals surface area contributed by atoms with Gasteiger partial charge in [-0.2, -0.15) is 10.2 Å². The summed E-state index contributed by atoms with van der Waals surface area (Å²) in [7, 11) is 1.69. The second-order valence-corrected chi connectivity index (χ2v) is 6.09. The molecule has 1 aliphatic rings. The molecule has 1 atom stereocenters. The van der Waals surface area contributed by atoms with Gasteiger partial charge in [-0.05, 0) is 18.2 Å². The molecule has 2 aromatic rings. The van der Waals surface area contributed by atoms with E-state index in [-0.39, 0.29) is 18.2 Å². The molecule has 0 amide bonds. The summed E-state index contributed by atoms with van der Waals surface area (Å²) in [5.74, 6) is 0.809. The van der Waals surface area contributed by atoms with Crippen LogP contribution in [-0.2, 0) is 11.3 Å². The number of rotatable bonds is 6. The summed E-state index contributed by atoms with van der Waals surface area (Å²) in [6.07, 6.45) is 0. The van der Waals surface area contributed by atoms with Gasteiger partial charge in [-0.1, -0.05) is 12.1 Å². The molecule has 0 saturated carbocycles. The Morgan fingerprint density at radius 2 is 2.27 bits per heavy atom. The minimum absolute atomic E-state index is 0.0574. The third-order valence-corrected chi connectivity index (χ3v) is 4.21. The van der Waals surface area contributed by atoms with Crippen LogP contribution < -0.4 is 15.0 Å². The lowest BCUT2D eigenvalue weighted by atomic mass is 10.1. The molecule has 7 heteroatoms. The van der Waals surface area contributed by atoms with Crippen molar-refractivity contribution in [2.24, 2.45) is 0 Å². The Morgan fingerprint density at radius 3 is 3.04 bits per heavy atom. The lowest BCUT2D eigenvalue weighted by Gasteiger charge is -2.34. The summed E-state index contributed by atoms with van der Waals surface area (Å²) in [5, 5.41) is 12.2. The highest BCUT2D eigenvalue weighted by atomic mass is 19.1. The van der Waals surface area contributed by atoms with Crippen molar-refractivity contribution >= 4 is 5.82 Å². The van der Waals surface area contributed by atoms with Crippen LogP contribution >= 0.6 is 0 Å². The van der Waals surface area contributed by atoms with Gasteiger partial charge in [-0.3, -0.25) is 0 Å². The minimum Gasteiger partial charge on any atom is -0.473 e. The van der Waals surface area contributed by atoms with Crippen molar-refractivity contribution in [3.8, 4) is 11.9 Å². The number of methoxy groups -OCH3 is 1. The van der Waals surface area contributed by atoms with E-state index in [9.17, 15) is 4.39 Å². The number of anilines is 1. The quantitative estimate of drug-likeness (QED) is 0.855. The van der Waals surface area contributed by atoms with Gasteiger partial charge >= 0.3 is 0 Å². The van der Waals surface area contributed by atoms with E-state index in [4.69, 9.17) is 14.7 Å². The number of hydrogen-bond donors (Lipinski definition) is 1. The van der Waals surface area contributed by atoms with E-state index in [1.54, 1.807) is 25.3 Å². The Bertz CT molecular complexity index is 791. The van der Waals surface area contributed by atoms with E-state index in [2.05, 4.69) is 15.2 Å². The first-order valence-electron chi connectivity index (χ1n) is 8.45. The summed E-state index contributed by atoms with van der Waals surface area (Å²) < 4.78 is 24.8. The fraction of sp³-hybridized carbons (Fsp3) is 0.368. The van der Waals surface area contributed by atoms with E-state index in [0.717, 1.165) is 25.5 Å². The first-order chi connectivity index (χ1) is 12.7. The normalized spacial score (nSPS) is 17.0. The molecule has 1 aromatic heterocycles. The molecule has 0 unspecified atom stereocenters. The topological polar surface area (TPSA) is 70.4 Å². The molecule has 2 heterocycles. The number of hydrogen-bond acceptors (Lipinski definition) is 6. The number of benzene rings is 1. The van der Waals surface area contributed by atoms with Gasteiger partial charge < -0.3 is 19.7 Å². The van der Waals surface area contributed by atoms with Gasteiger partial charge in [0.2, 0.25) is 5.88 Å². The van der Waals surface area contributed by atoms with E-state index in [1.165, 1.54) is 6.07 Å². The molecular formula is C19H21FN4O2. The standard InChI is InChI=1S/C19H21FN4O2/c1-25-13-16-11-24(8-7-22-16)18-3-2-4-19(23-18)26-12-15-6-5-14(10-21)9-17(15)20/h2-6,9,16,22H,7-8,11-13H2,1H3/t16-/m1/s1. The molecule has 6 nitrogen and oxygen atoms in total. The third-order valence-electron chi connectivity index (χ3n) is 4.21. The largest absolute Gasteiger partial charge is 0.473 e. The Morgan fingerprint density at radius 1 is 1.38 bits per heavy atom. The number of halogens is 1. The van der Waals surface area contributed by atoms with Gasteiger partial charge in [0.05, 0.1) is 18.2 Å². The zero-order valence-electron chi connectivity index (χ0n) is 14.6. The molecule has 1 fully saturated rings. The number of nitrogens with one attached hydrogen (secondary N) is 1. The molecule has 0 bridgehead atoms. The summed E-state index contributed by atoms with van der Waals surface area (Å²) in [6, 6.07) is 12.1. The van der Waals surface area contributed by atoms with Crippen LogP contribution in [0, 0.1) is 17.1 Å². The first kappa shape index (κ1) is 18.1. The molecular weight excluding hydrogens is 335 g/mol. The van der Waals surface area contributed by atoms with Crippen molar-refractivity contribution in [1.29, 1.82) is 5.26 Å². The van der Waals surface area contributed by atoms with Crippen LogP contribution in [0.4, 0.5) is 10.2 Å². The van der Waals surface area contributed by atoms with Gasteiger partial charge in [0.1, 0.15) is 18.2 Å². The molecule has 136 valence electrons. The molecule has 0 spiro atoms. The Balaban J connectivity index is 1.65. The highest BCUT2D eigenvalue weighted by molar-refractivity contribution is 5.41. The van der Waals surface area contributed by atoms with Crippen LogP contribution in [0.5, 0.6) is 5.88 Å². The predicted molar refractivity (Wildman–Crippen MR) is 95.6 cm³/mol. The summed E-state index contributed by atoms with van der Waals surface area (Å²) in [6.45, 7) is 3.21. The average molecular weight is 356 g/mol. The molecule has 0 aliphatic carbocycles. The number of ether oxygens (including phenoxy) is 2. The van der Waals surface area contributed by atoms with Crippen LogP contribution in [0.2, 0.25) is 0 Å². The van der Waals surface area contributed by atoms with E-state index in [0.29, 0.717) is 18.1 Å². The number of piperazine rings is 1. The van der Waals surface area contributed by atoms with Crippen LogP contribution in [0.25, 0.3) is 0 Å². The van der Waals surface area contributed by atoms with E-state index < -0.39 is 5.82 Å². The van der Waals surface area contributed by atoms with Crippen molar-refractivity contribution in [3.05, 3.63) is 53.3 Å². The van der Waals surface area contributed by atoms with Crippen LogP contribution in [0.15, 0.2) is 36.4 Å². The number of aromatic nitrogens is 1. The second kappa shape index (κ2) is 8.61. The van der Waals surface area contributed by atoms with Crippen LogP contribution in [-0.4, -0.2) is 44.4 Å². The number of nitrogens with zero attached hydrogens (tertiary/aromatic N) is 3. The summed E-state index contributed by atoms with van der Waals surface area (Å²) >= 11 is 0. The lowest BCUT2D eigenvalue weighted by molar-refractivity contribution is 0.163. The predicted octanol–water partition coefficient (Wildman–Crippen LogP) is 2.10. The third kappa shape index (κ3) is 4.48. The second-order valence-electron chi connectivity index (χ2n) is 6.09. The average Bonchev–Trinajstić information content (AvgIpc) is 2.68. The monoisotopic (exact) mass is 356 g/mol. The van der Waals surface area contributed by atoms with Crippen LogP contribution in [0.1, 0.15) is 11.1 Å². The number of nitriles is 1. The minimum atomic E-state index is -0.454. The lowest BCUT2D eigenvalue weighted by Crippen LogP contribution is -2.52. The molecule has 1 saturated heterocycles. The molecule has 0 radical (unpaired) electrons. The zero-order chi connectivity index (χ0) is 18.4. The first-order valence-corrected chi connectivity index (χ1v) is 8.45. The van der Waals surface area contributed by atoms with Gasteiger partial charge in [-0.15, -0.1) is 0 Å². The van der Waals surface area contributed by atoms with Crippen molar-refractivity contribution in [2.45, 2.75) is 12.6 Å². The molecule has 1 aromatic carbocycles. The zero-order valence-corrected chi connectivity index (χ0v) is 14.6. The maximum Gasteiger partial charge on any atom is 0.215 e. The smallest absolute Gasteiger partial charge is 0.215 e. The highest BCUT2D eigenvalue weighted by Crippen LogP contribution is 2.19. The van der Waals surface area contributed by atoms with Crippen molar-refractivity contribution in [1.82, 2.24) is 10.3 Å². The maximum absolute atomic E-state index is 13.9. The van der Waals surface area contributed by atoms with Gasteiger partial charge in [0.25, 0.3) is 0 Å². The van der Waals surface area contributed by atoms with Gasteiger partial charge in [0, 0.05) is 44.4 Å². The molecule has 26 heavy (non-hydrogen) atoms. The van der Waals surface area contributed by atoms with Crippen LogP contribution in [0.3, 0.4) is 0 Å². The Kier molecular flexibility index (Phi) is 6.00.